The molecular weight excluding hydrogens is 415 g/mol. The lowest BCUT2D eigenvalue weighted by molar-refractivity contribution is 0.0600. The van der Waals surface area contributed by atoms with E-state index in [2.05, 4.69) is 9.72 Å². The minimum atomic E-state index is -0.617. The number of carbonyl (C=O) groups excluding carboxylic acids is 1. The van der Waals surface area contributed by atoms with Crippen LogP contribution in [0, 0.1) is 0 Å². The average molecular weight is 420 g/mol. The van der Waals surface area contributed by atoms with Gasteiger partial charge in [0.25, 0.3) is 0 Å². The fraction of sp³-hybridized carbons (Fsp3) is 0.0769. The Bertz CT molecular complexity index is 749. The maximum absolute atomic E-state index is 11.5. The summed E-state index contributed by atoms with van der Waals surface area (Å²) in [6.07, 6.45) is 0. The lowest BCUT2D eigenvalue weighted by Gasteiger charge is -2.12. The number of aromatic nitrogens is 1. The van der Waals surface area contributed by atoms with Gasteiger partial charge in [0.15, 0.2) is 0 Å². The zero-order valence-corrected chi connectivity index (χ0v) is 15.2. The molecule has 116 valence electrons. The van der Waals surface area contributed by atoms with Crippen molar-refractivity contribution < 1.29 is 9.53 Å². The standard InChI is InChI=1S/C13H5Cl6NO2/c1-22-13(21)4-2-3-5(20-12(4)19)6-7(14)9(16)11(18)10(17)8(6)15/h2-3H,1H3. The Morgan fingerprint density at radius 3 is 1.86 bits per heavy atom. The van der Waals surface area contributed by atoms with Crippen molar-refractivity contribution in [2.24, 2.45) is 0 Å². The predicted octanol–water partition coefficient (Wildman–Crippen LogP) is 6.46. The van der Waals surface area contributed by atoms with Crippen molar-refractivity contribution in [3.8, 4) is 11.3 Å². The molecule has 2 aromatic rings. The largest absolute Gasteiger partial charge is 0.465 e. The fourth-order valence-corrected chi connectivity index (χ4v) is 3.23. The van der Waals surface area contributed by atoms with Gasteiger partial charge in [-0.25, -0.2) is 9.78 Å². The second-order valence-electron chi connectivity index (χ2n) is 3.97. The molecule has 1 aromatic carbocycles. The van der Waals surface area contributed by atoms with Gasteiger partial charge < -0.3 is 4.74 Å². The lowest BCUT2D eigenvalue weighted by atomic mass is 10.1. The minimum Gasteiger partial charge on any atom is -0.465 e. The lowest BCUT2D eigenvalue weighted by Crippen LogP contribution is -2.03. The second kappa shape index (κ2) is 7.00. The van der Waals surface area contributed by atoms with E-state index in [0.717, 1.165) is 0 Å². The maximum atomic E-state index is 11.5. The fourth-order valence-electron chi connectivity index (χ4n) is 1.67. The molecule has 0 atom stereocenters. The Labute approximate surface area is 156 Å². The van der Waals surface area contributed by atoms with Gasteiger partial charge in [0.1, 0.15) is 5.15 Å². The molecule has 0 amide bonds. The van der Waals surface area contributed by atoms with E-state index < -0.39 is 5.97 Å². The van der Waals surface area contributed by atoms with Gasteiger partial charge in [-0.05, 0) is 12.1 Å². The Kier molecular flexibility index (Phi) is 5.70. The van der Waals surface area contributed by atoms with Crippen molar-refractivity contribution in [1.29, 1.82) is 0 Å². The number of esters is 1. The number of carbonyl (C=O) groups is 1. The SMILES string of the molecule is COC(=O)c1ccc(-c2c(Cl)c(Cl)c(Cl)c(Cl)c2Cl)nc1Cl. The van der Waals surface area contributed by atoms with E-state index in [9.17, 15) is 4.79 Å². The summed E-state index contributed by atoms with van der Waals surface area (Å²) < 4.78 is 4.59. The molecule has 0 aliphatic heterocycles. The van der Waals surface area contributed by atoms with E-state index in [1.165, 1.54) is 19.2 Å². The van der Waals surface area contributed by atoms with Crippen molar-refractivity contribution >= 4 is 75.6 Å². The van der Waals surface area contributed by atoms with Crippen LogP contribution in [0.25, 0.3) is 11.3 Å². The van der Waals surface area contributed by atoms with Gasteiger partial charge in [0, 0.05) is 5.56 Å². The van der Waals surface area contributed by atoms with E-state index >= 15 is 0 Å². The molecule has 0 radical (unpaired) electrons. The van der Waals surface area contributed by atoms with E-state index in [-0.39, 0.29) is 47.1 Å². The van der Waals surface area contributed by atoms with Crippen LogP contribution in [0.1, 0.15) is 10.4 Å². The molecule has 22 heavy (non-hydrogen) atoms. The van der Waals surface area contributed by atoms with Crippen LogP contribution >= 0.6 is 69.6 Å². The van der Waals surface area contributed by atoms with Gasteiger partial charge in [0.05, 0.1) is 43.5 Å². The number of nitrogens with zero attached hydrogens (tertiary/aromatic N) is 1. The topological polar surface area (TPSA) is 39.2 Å². The summed E-state index contributed by atoms with van der Waals surface area (Å²) in [5.41, 5.74) is 0.653. The van der Waals surface area contributed by atoms with Crippen molar-refractivity contribution in [3.05, 3.63) is 48.0 Å². The number of methoxy groups -OCH3 is 1. The molecule has 0 spiro atoms. The number of halogens is 6. The summed E-state index contributed by atoms with van der Waals surface area (Å²) in [6, 6.07) is 2.92. The Hall–Kier alpha value is -0.420. The van der Waals surface area contributed by atoms with Crippen molar-refractivity contribution in [2.45, 2.75) is 0 Å². The Morgan fingerprint density at radius 1 is 0.909 bits per heavy atom. The second-order valence-corrected chi connectivity index (χ2v) is 6.22. The van der Waals surface area contributed by atoms with Gasteiger partial charge in [-0.1, -0.05) is 69.6 Å². The number of ether oxygens (including phenoxy) is 1. The van der Waals surface area contributed by atoms with Gasteiger partial charge >= 0.3 is 5.97 Å². The van der Waals surface area contributed by atoms with E-state index in [0.29, 0.717) is 0 Å². The highest BCUT2D eigenvalue weighted by Crippen LogP contribution is 2.47. The molecule has 0 unspecified atom stereocenters. The van der Waals surface area contributed by atoms with Crippen LogP contribution in [0.3, 0.4) is 0 Å². The predicted molar refractivity (Wildman–Crippen MR) is 91.1 cm³/mol. The third kappa shape index (κ3) is 3.12. The molecular formula is C13H5Cl6NO2. The number of rotatable bonds is 2. The molecule has 0 bridgehead atoms. The normalized spacial score (nSPS) is 10.7. The number of pyridine rings is 1. The van der Waals surface area contributed by atoms with E-state index in [1.807, 2.05) is 0 Å². The molecule has 9 heteroatoms. The first-order valence-corrected chi connectivity index (χ1v) is 7.83. The summed E-state index contributed by atoms with van der Waals surface area (Å²) in [5.74, 6) is -0.617. The first-order valence-electron chi connectivity index (χ1n) is 5.56. The number of hydrogen-bond donors (Lipinski definition) is 0. The number of benzene rings is 1. The van der Waals surface area contributed by atoms with Crippen molar-refractivity contribution in [3.63, 3.8) is 0 Å². The van der Waals surface area contributed by atoms with E-state index in [4.69, 9.17) is 69.6 Å². The molecule has 0 fully saturated rings. The van der Waals surface area contributed by atoms with Crippen molar-refractivity contribution in [1.82, 2.24) is 4.98 Å². The molecule has 0 saturated heterocycles. The molecule has 0 N–H and O–H groups in total. The first kappa shape index (κ1) is 17.9. The Morgan fingerprint density at radius 2 is 1.41 bits per heavy atom. The third-order valence-corrected chi connectivity index (χ3v) is 5.28. The summed E-state index contributed by atoms with van der Waals surface area (Å²) in [5, 5.41) is 0.217. The molecule has 0 aliphatic rings. The van der Waals surface area contributed by atoms with E-state index in [1.54, 1.807) is 0 Å². The number of hydrogen-bond acceptors (Lipinski definition) is 3. The van der Waals surface area contributed by atoms with Crippen LogP contribution < -0.4 is 0 Å². The quantitative estimate of drug-likeness (QED) is 0.243. The van der Waals surface area contributed by atoms with Gasteiger partial charge in [0.2, 0.25) is 0 Å². The van der Waals surface area contributed by atoms with Crippen LogP contribution in [0.5, 0.6) is 0 Å². The molecule has 3 nitrogen and oxygen atoms in total. The minimum absolute atomic E-state index is 0.0411. The monoisotopic (exact) mass is 417 g/mol. The summed E-state index contributed by atoms with van der Waals surface area (Å²) in [4.78, 5) is 15.6. The first-order chi connectivity index (χ1) is 10.3. The molecule has 2 rings (SSSR count). The van der Waals surface area contributed by atoms with Crippen LogP contribution in [0.15, 0.2) is 12.1 Å². The molecule has 0 saturated carbocycles. The summed E-state index contributed by atoms with van der Waals surface area (Å²) in [7, 11) is 1.24. The molecule has 0 aliphatic carbocycles. The van der Waals surface area contributed by atoms with Crippen LogP contribution in [-0.2, 0) is 4.74 Å². The van der Waals surface area contributed by atoms with Crippen LogP contribution in [-0.4, -0.2) is 18.1 Å². The molecule has 1 heterocycles. The van der Waals surface area contributed by atoms with Crippen LogP contribution in [0.4, 0.5) is 0 Å². The Balaban J connectivity index is 2.68. The highest BCUT2D eigenvalue weighted by molar-refractivity contribution is 6.56. The summed E-state index contributed by atoms with van der Waals surface area (Å²) >= 11 is 36.2. The maximum Gasteiger partial charge on any atom is 0.341 e. The van der Waals surface area contributed by atoms with Gasteiger partial charge in [-0.2, -0.15) is 0 Å². The molecule has 1 aromatic heterocycles. The van der Waals surface area contributed by atoms with Crippen molar-refractivity contribution in [2.75, 3.05) is 7.11 Å². The highest BCUT2D eigenvalue weighted by atomic mass is 35.5. The zero-order valence-electron chi connectivity index (χ0n) is 10.7. The van der Waals surface area contributed by atoms with Gasteiger partial charge in [-0.15, -0.1) is 0 Å². The average Bonchev–Trinajstić information content (AvgIpc) is 2.50. The highest BCUT2D eigenvalue weighted by Gasteiger charge is 2.22. The zero-order chi connectivity index (χ0) is 16.6. The smallest absolute Gasteiger partial charge is 0.341 e. The van der Waals surface area contributed by atoms with Gasteiger partial charge in [-0.3, -0.25) is 0 Å². The van der Waals surface area contributed by atoms with Crippen LogP contribution in [0.2, 0.25) is 30.3 Å². The third-order valence-electron chi connectivity index (χ3n) is 2.72. The summed E-state index contributed by atoms with van der Waals surface area (Å²) in [6.45, 7) is 0.